The van der Waals surface area contributed by atoms with Crippen LogP contribution in [-0.2, 0) is 0 Å². The van der Waals surface area contributed by atoms with Gasteiger partial charge in [-0.2, -0.15) is 0 Å². The number of carbonyl (C=O) groups excluding carboxylic acids is 1. The summed E-state index contributed by atoms with van der Waals surface area (Å²) < 4.78 is 5.45. The van der Waals surface area contributed by atoms with E-state index in [1.54, 1.807) is 29.9 Å². The van der Waals surface area contributed by atoms with Gasteiger partial charge >= 0.3 is 0 Å². The summed E-state index contributed by atoms with van der Waals surface area (Å²) in [5, 5.41) is 1.79. The van der Waals surface area contributed by atoms with Crippen molar-refractivity contribution in [3.63, 3.8) is 0 Å². The fourth-order valence-corrected chi connectivity index (χ4v) is 1.60. The molecule has 2 aromatic heterocycles. The molecule has 0 aliphatic carbocycles. The van der Waals surface area contributed by atoms with Crippen molar-refractivity contribution in [3.05, 3.63) is 40.8 Å². The van der Waals surface area contributed by atoms with Crippen LogP contribution in [0.1, 0.15) is 9.67 Å². The number of rotatable bonds is 3. The number of nitrogens with zero attached hydrogens (tertiary/aromatic N) is 1. The van der Waals surface area contributed by atoms with Gasteiger partial charge in [0.2, 0.25) is 0 Å². The Balaban J connectivity index is 2.15. The molecule has 0 bridgehead atoms. The average Bonchev–Trinajstić information content (AvgIpc) is 2.67. The molecular formula is C10H7NO2S. The van der Waals surface area contributed by atoms with Gasteiger partial charge < -0.3 is 4.74 Å². The molecule has 0 fully saturated rings. The maximum absolute atomic E-state index is 10.4. The van der Waals surface area contributed by atoms with Crippen molar-refractivity contribution in [2.24, 2.45) is 0 Å². The van der Waals surface area contributed by atoms with Crippen LogP contribution in [0.2, 0.25) is 0 Å². The third-order valence-electron chi connectivity index (χ3n) is 1.58. The normalized spacial score (nSPS) is 9.71. The van der Waals surface area contributed by atoms with Gasteiger partial charge in [0.15, 0.2) is 6.29 Å². The quantitative estimate of drug-likeness (QED) is 0.723. The molecule has 0 radical (unpaired) electrons. The van der Waals surface area contributed by atoms with Crippen molar-refractivity contribution in [3.8, 4) is 11.5 Å². The third kappa shape index (κ3) is 1.97. The summed E-state index contributed by atoms with van der Waals surface area (Å²) >= 11 is 1.36. The molecule has 0 saturated carbocycles. The zero-order chi connectivity index (χ0) is 9.80. The van der Waals surface area contributed by atoms with E-state index in [0.717, 1.165) is 6.29 Å². The Morgan fingerprint density at radius 3 is 3.00 bits per heavy atom. The number of pyridine rings is 1. The maximum atomic E-state index is 10.4. The number of aromatic nitrogens is 1. The number of hydrogen-bond acceptors (Lipinski definition) is 4. The lowest BCUT2D eigenvalue weighted by molar-refractivity contribution is 0.112. The topological polar surface area (TPSA) is 39.2 Å². The van der Waals surface area contributed by atoms with Gasteiger partial charge in [0, 0.05) is 17.6 Å². The van der Waals surface area contributed by atoms with E-state index < -0.39 is 0 Å². The predicted molar refractivity (Wildman–Crippen MR) is 54.0 cm³/mol. The van der Waals surface area contributed by atoms with E-state index >= 15 is 0 Å². The van der Waals surface area contributed by atoms with Crippen LogP contribution in [0.4, 0.5) is 0 Å². The van der Waals surface area contributed by atoms with Gasteiger partial charge in [-0.1, -0.05) is 0 Å². The molecule has 0 unspecified atom stereocenters. The Bertz CT molecular complexity index is 425. The van der Waals surface area contributed by atoms with E-state index in [-0.39, 0.29) is 0 Å². The Hall–Kier alpha value is -1.68. The van der Waals surface area contributed by atoms with Crippen molar-refractivity contribution in [2.75, 3.05) is 0 Å². The molecule has 2 heterocycles. The molecule has 0 atom stereocenters. The highest BCUT2D eigenvalue weighted by molar-refractivity contribution is 7.11. The standard InChI is InChI=1S/C10H7NO2S/c12-6-10-4-9(7-14-10)13-8-2-1-3-11-5-8/h1-7H. The summed E-state index contributed by atoms with van der Waals surface area (Å²) in [4.78, 5) is 15.0. The third-order valence-corrected chi connectivity index (χ3v) is 2.42. The summed E-state index contributed by atoms with van der Waals surface area (Å²) in [6.07, 6.45) is 4.11. The van der Waals surface area contributed by atoms with Gasteiger partial charge in [0.25, 0.3) is 0 Å². The number of hydrogen-bond donors (Lipinski definition) is 0. The summed E-state index contributed by atoms with van der Waals surface area (Å²) in [5.41, 5.74) is 0. The van der Waals surface area contributed by atoms with E-state index in [1.165, 1.54) is 11.3 Å². The highest BCUT2D eigenvalue weighted by Gasteiger charge is 2.00. The van der Waals surface area contributed by atoms with Crippen LogP contribution in [0.5, 0.6) is 11.5 Å². The lowest BCUT2D eigenvalue weighted by Crippen LogP contribution is -1.81. The molecule has 0 aliphatic heterocycles. The summed E-state index contributed by atoms with van der Waals surface area (Å²) in [5.74, 6) is 1.34. The minimum Gasteiger partial charge on any atom is -0.455 e. The van der Waals surface area contributed by atoms with Crippen LogP contribution in [-0.4, -0.2) is 11.3 Å². The molecule has 0 N–H and O–H groups in total. The van der Waals surface area contributed by atoms with E-state index in [2.05, 4.69) is 4.98 Å². The first-order valence-corrected chi connectivity index (χ1v) is 4.88. The molecule has 70 valence electrons. The van der Waals surface area contributed by atoms with Gasteiger partial charge in [0.1, 0.15) is 11.5 Å². The van der Waals surface area contributed by atoms with Crippen molar-refractivity contribution in [1.82, 2.24) is 4.98 Å². The zero-order valence-corrected chi connectivity index (χ0v) is 8.03. The Kier molecular flexibility index (Phi) is 2.55. The van der Waals surface area contributed by atoms with Crippen molar-refractivity contribution in [1.29, 1.82) is 0 Å². The Labute approximate surface area is 85.0 Å². The second kappa shape index (κ2) is 4.02. The van der Waals surface area contributed by atoms with Crippen LogP contribution in [0.15, 0.2) is 36.0 Å². The van der Waals surface area contributed by atoms with Crippen LogP contribution < -0.4 is 4.74 Å². The highest BCUT2D eigenvalue weighted by atomic mass is 32.1. The lowest BCUT2D eigenvalue weighted by Gasteiger charge is -2.00. The van der Waals surface area contributed by atoms with Crippen molar-refractivity contribution < 1.29 is 9.53 Å². The van der Waals surface area contributed by atoms with E-state index in [0.29, 0.717) is 16.4 Å². The molecule has 0 spiro atoms. The van der Waals surface area contributed by atoms with Crippen LogP contribution in [0, 0.1) is 0 Å². The molecule has 0 aromatic carbocycles. The van der Waals surface area contributed by atoms with Gasteiger partial charge in [-0.05, 0) is 12.1 Å². The number of carbonyl (C=O) groups is 1. The lowest BCUT2D eigenvalue weighted by atomic mass is 10.4. The van der Waals surface area contributed by atoms with E-state index in [1.807, 2.05) is 6.07 Å². The van der Waals surface area contributed by atoms with Crippen LogP contribution >= 0.6 is 11.3 Å². The molecule has 2 aromatic rings. The summed E-state index contributed by atoms with van der Waals surface area (Å²) in [6, 6.07) is 5.30. The number of aldehydes is 1. The summed E-state index contributed by atoms with van der Waals surface area (Å²) in [7, 11) is 0. The second-order valence-corrected chi connectivity index (χ2v) is 3.54. The van der Waals surface area contributed by atoms with Gasteiger partial charge in [-0.25, -0.2) is 0 Å². The smallest absolute Gasteiger partial charge is 0.160 e. The first kappa shape index (κ1) is 8.90. The molecule has 2 rings (SSSR count). The molecule has 14 heavy (non-hydrogen) atoms. The van der Waals surface area contributed by atoms with Gasteiger partial charge in [0.05, 0.1) is 11.1 Å². The Morgan fingerprint density at radius 2 is 2.36 bits per heavy atom. The van der Waals surface area contributed by atoms with E-state index in [4.69, 9.17) is 4.74 Å². The largest absolute Gasteiger partial charge is 0.455 e. The average molecular weight is 205 g/mol. The predicted octanol–water partition coefficient (Wildman–Crippen LogP) is 2.75. The fourth-order valence-electron chi connectivity index (χ4n) is 0.993. The van der Waals surface area contributed by atoms with Crippen LogP contribution in [0.25, 0.3) is 0 Å². The monoisotopic (exact) mass is 205 g/mol. The maximum Gasteiger partial charge on any atom is 0.160 e. The molecule has 4 heteroatoms. The minimum atomic E-state index is 0.656. The Morgan fingerprint density at radius 1 is 1.43 bits per heavy atom. The fraction of sp³-hybridized carbons (Fsp3) is 0. The molecule has 0 aliphatic rings. The van der Waals surface area contributed by atoms with Crippen LogP contribution in [0.3, 0.4) is 0 Å². The first-order valence-electron chi connectivity index (χ1n) is 4.00. The summed E-state index contributed by atoms with van der Waals surface area (Å²) in [6.45, 7) is 0. The van der Waals surface area contributed by atoms with Gasteiger partial charge in [-0.3, -0.25) is 9.78 Å². The second-order valence-electron chi connectivity index (χ2n) is 2.59. The number of thiophene rings is 1. The molecule has 0 amide bonds. The van der Waals surface area contributed by atoms with E-state index in [9.17, 15) is 4.79 Å². The number of ether oxygens (including phenoxy) is 1. The van der Waals surface area contributed by atoms with Crippen molar-refractivity contribution in [2.45, 2.75) is 0 Å². The molecule has 0 saturated heterocycles. The zero-order valence-electron chi connectivity index (χ0n) is 7.21. The highest BCUT2D eigenvalue weighted by Crippen LogP contribution is 2.25. The molecular weight excluding hydrogens is 198 g/mol. The minimum absolute atomic E-state index is 0.656. The van der Waals surface area contributed by atoms with Crippen molar-refractivity contribution >= 4 is 17.6 Å². The first-order chi connectivity index (χ1) is 6.88. The van der Waals surface area contributed by atoms with Gasteiger partial charge in [-0.15, -0.1) is 11.3 Å². The molecule has 3 nitrogen and oxygen atoms in total. The SMILES string of the molecule is O=Cc1cc(Oc2cccnc2)cs1.